The molecule has 1 aliphatic carbocycles. The van der Waals surface area contributed by atoms with Gasteiger partial charge in [-0.1, -0.05) is 12.1 Å². The Kier molecular flexibility index (Phi) is 4.20. The highest BCUT2D eigenvalue weighted by molar-refractivity contribution is 5.92. The molecule has 1 amide bonds. The fourth-order valence-electron chi connectivity index (χ4n) is 3.47. The summed E-state index contributed by atoms with van der Waals surface area (Å²) in [5.74, 6) is 0.294. The van der Waals surface area contributed by atoms with Gasteiger partial charge in [0, 0.05) is 18.0 Å². The van der Waals surface area contributed by atoms with Crippen molar-refractivity contribution in [3.8, 4) is 5.75 Å². The van der Waals surface area contributed by atoms with Gasteiger partial charge in [0.1, 0.15) is 17.8 Å². The Labute approximate surface area is 150 Å². The third-order valence-corrected chi connectivity index (χ3v) is 4.73. The van der Waals surface area contributed by atoms with E-state index in [1.54, 1.807) is 36.2 Å². The molecule has 0 bridgehead atoms. The molecular weight excluding hydrogens is 332 g/mol. The number of para-hydroxylation sites is 2. The number of aromatic nitrogens is 3. The number of benzene rings is 1. The molecule has 1 aliphatic rings. The lowest BCUT2D eigenvalue weighted by molar-refractivity contribution is -0.116. The maximum atomic E-state index is 12.9. The van der Waals surface area contributed by atoms with Crippen LogP contribution in [0.1, 0.15) is 24.1 Å². The highest BCUT2D eigenvalue weighted by Gasteiger charge is 2.20. The van der Waals surface area contributed by atoms with Gasteiger partial charge in [-0.05, 0) is 37.8 Å². The third kappa shape index (κ3) is 2.85. The van der Waals surface area contributed by atoms with E-state index in [2.05, 4.69) is 10.4 Å². The van der Waals surface area contributed by atoms with Crippen LogP contribution in [0, 0.1) is 0 Å². The number of fused-ring (bicyclic) bond motifs is 3. The number of amides is 1. The number of rotatable bonds is 4. The molecule has 7 heteroatoms. The zero-order chi connectivity index (χ0) is 18.1. The van der Waals surface area contributed by atoms with Gasteiger partial charge in [-0.15, -0.1) is 0 Å². The van der Waals surface area contributed by atoms with Crippen LogP contribution in [0.5, 0.6) is 5.75 Å². The summed E-state index contributed by atoms with van der Waals surface area (Å²) in [5, 5.41) is 7.31. The van der Waals surface area contributed by atoms with Crippen LogP contribution in [0.4, 0.5) is 5.69 Å². The number of carbonyl (C=O) groups is 1. The van der Waals surface area contributed by atoms with E-state index in [9.17, 15) is 9.59 Å². The lowest BCUT2D eigenvalue weighted by Crippen LogP contribution is -2.28. The minimum absolute atomic E-state index is 0.0622. The molecule has 0 radical (unpaired) electrons. The van der Waals surface area contributed by atoms with E-state index in [0.717, 1.165) is 36.9 Å². The Morgan fingerprint density at radius 2 is 2.04 bits per heavy atom. The molecule has 26 heavy (non-hydrogen) atoms. The Hall–Kier alpha value is -3.09. The summed E-state index contributed by atoms with van der Waals surface area (Å²) in [5.41, 5.74) is 3.02. The molecule has 0 saturated heterocycles. The van der Waals surface area contributed by atoms with Crippen molar-refractivity contribution in [2.75, 3.05) is 12.4 Å². The number of nitrogens with zero attached hydrogens (tertiary/aromatic N) is 3. The number of hydrogen-bond donors (Lipinski definition) is 1. The first-order valence-electron chi connectivity index (χ1n) is 8.70. The number of aryl methyl sites for hydroxylation is 2. The van der Waals surface area contributed by atoms with E-state index in [4.69, 9.17) is 4.74 Å². The predicted octanol–water partition coefficient (Wildman–Crippen LogP) is 2.02. The van der Waals surface area contributed by atoms with Gasteiger partial charge in [0.2, 0.25) is 5.91 Å². The minimum Gasteiger partial charge on any atom is -0.495 e. The predicted molar refractivity (Wildman–Crippen MR) is 97.7 cm³/mol. The second kappa shape index (κ2) is 6.67. The van der Waals surface area contributed by atoms with Crippen LogP contribution < -0.4 is 15.6 Å². The van der Waals surface area contributed by atoms with Gasteiger partial charge in [0.25, 0.3) is 5.56 Å². The number of hydrogen-bond acceptors (Lipinski definition) is 4. The molecule has 1 aromatic carbocycles. The average Bonchev–Trinajstić information content (AvgIpc) is 3.04. The summed E-state index contributed by atoms with van der Waals surface area (Å²) in [6, 6.07) is 7.17. The highest BCUT2D eigenvalue weighted by Crippen LogP contribution is 2.24. The zero-order valence-electron chi connectivity index (χ0n) is 14.6. The van der Waals surface area contributed by atoms with Crippen molar-refractivity contribution in [2.24, 2.45) is 0 Å². The van der Waals surface area contributed by atoms with Crippen LogP contribution in [-0.4, -0.2) is 27.2 Å². The minimum atomic E-state index is -0.283. The second-order valence-corrected chi connectivity index (χ2v) is 6.41. The molecule has 134 valence electrons. The molecule has 0 atom stereocenters. The number of ether oxygens (including phenoxy) is 1. The molecule has 7 nitrogen and oxygen atoms in total. The molecule has 4 rings (SSSR count). The lowest BCUT2D eigenvalue weighted by Gasteiger charge is -2.11. The Bertz CT molecular complexity index is 1030. The molecule has 0 aliphatic heterocycles. The summed E-state index contributed by atoms with van der Waals surface area (Å²) in [4.78, 5) is 25.3. The van der Waals surface area contributed by atoms with Crippen LogP contribution in [0.15, 0.2) is 41.5 Å². The van der Waals surface area contributed by atoms with Crippen LogP contribution in [0.3, 0.4) is 0 Å². The van der Waals surface area contributed by atoms with Crippen molar-refractivity contribution in [3.05, 3.63) is 58.3 Å². The summed E-state index contributed by atoms with van der Waals surface area (Å²) in [6.07, 6.45) is 7.29. The topological polar surface area (TPSA) is 77.6 Å². The molecule has 0 unspecified atom stereocenters. The fraction of sp³-hybridized carbons (Fsp3) is 0.316. The molecule has 1 N–H and O–H groups in total. The van der Waals surface area contributed by atoms with Crippen LogP contribution >= 0.6 is 0 Å². The largest absolute Gasteiger partial charge is 0.495 e. The van der Waals surface area contributed by atoms with Gasteiger partial charge in [-0.2, -0.15) is 5.10 Å². The van der Waals surface area contributed by atoms with Crippen molar-refractivity contribution < 1.29 is 9.53 Å². The SMILES string of the molecule is COc1ccccc1NC(=O)Cn1ccn2nc3c(c2c1=O)CCCC3. The van der Waals surface area contributed by atoms with Gasteiger partial charge in [-0.3, -0.25) is 9.59 Å². The Morgan fingerprint density at radius 3 is 2.88 bits per heavy atom. The van der Waals surface area contributed by atoms with E-state index in [0.29, 0.717) is 17.0 Å². The summed E-state index contributed by atoms with van der Waals surface area (Å²) >= 11 is 0. The van der Waals surface area contributed by atoms with Crippen molar-refractivity contribution >= 4 is 17.1 Å². The Balaban J connectivity index is 1.62. The second-order valence-electron chi connectivity index (χ2n) is 6.41. The maximum absolute atomic E-state index is 12.9. The smallest absolute Gasteiger partial charge is 0.277 e. The molecule has 2 aromatic heterocycles. The first kappa shape index (κ1) is 16.4. The average molecular weight is 352 g/mol. The van der Waals surface area contributed by atoms with E-state index >= 15 is 0 Å². The number of anilines is 1. The van der Waals surface area contributed by atoms with Gasteiger partial charge in [-0.25, -0.2) is 4.52 Å². The van der Waals surface area contributed by atoms with Crippen LogP contribution in [0.2, 0.25) is 0 Å². The molecular formula is C19H20N4O3. The number of methoxy groups -OCH3 is 1. The van der Waals surface area contributed by atoms with Gasteiger partial charge >= 0.3 is 0 Å². The van der Waals surface area contributed by atoms with Crippen molar-refractivity contribution in [3.63, 3.8) is 0 Å². The molecule has 2 heterocycles. The molecule has 0 saturated carbocycles. The summed E-state index contributed by atoms with van der Waals surface area (Å²) in [7, 11) is 1.55. The standard InChI is InChI=1S/C19H20N4O3/c1-26-16-9-5-4-8-15(16)20-17(24)12-22-10-11-23-18(19(22)25)13-6-2-3-7-14(13)21-23/h4-5,8-11H,2-3,6-7,12H2,1H3,(H,20,24). The lowest BCUT2D eigenvalue weighted by atomic mass is 9.97. The highest BCUT2D eigenvalue weighted by atomic mass is 16.5. The molecule has 0 spiro atoms. The normalized spacial score (nSPS) is 13.4. The van der Waals surface area contributed by atoms with E-state index in [-0.39, 0.29) is 18.0 Å². The molecule has 0 fully saturated rings. The zero-order valence-corrected chi connectivity index (χ0v) is 14.6. The first-order valence-corrected chi connectivity index (χ1v) is 8.70. The Morgan fingerprint density at radius 1 is 1.23 bits per heavy atom. The monoisotopic (exact) mass is 352 g/mol. The van der Waals surface area contributed by atoms with Crippen LogP contribution in [0.25, 0.3) is 5.52 Å². The van der Waals surface area contributed by atoms with Gasteiger partial charge < -0.3 is 14.6 Å². The van der Waals surface area contributed by atoms with Crippen molar-refractivity contribution in [1.82, 2.24) is 14.2 Å². The fourth-order valence-corrected chi connectivity index (χ4v) is 3.47. The van der Waals surface area contributed by atoms with Crippen LogP contribution in [-0.2, 0) is 24.2 Å². The van der Waals surface area contributed by atoms with E-state index in [1.165, 1.54) is 4.57 Å². The number of nitrogens with one attached hydrogen (secondary N) is 1. The van der Waals surface area contributed by atoms with Gasteiger partial charge in [0.15, 0.2) is 0 Å². The van der Waals surface area contributed by atoms with E-state index in [1.807, 2.05) is 12.1 Å². The summed E-state index contributed by atoms with van der Waals surface area (Å²) in [6.45, 7) is -0.0622. The maximum Gasteiger partial charge on any atom is 0.277 e. The number of carbonyl (C=O) groups excluding carboxylic acids is 1. The van der Waals surface area contributed by atoms with Crippen molar-refractivity contribution in [2.45, 2.75) is 32.2 Å². The van der Waals surface area contributed by atoms with E-state index < -0.39 is 0 Å². The van der Waals surface area contributed by atoms with Gasteiger partial charge in [0.05, 0.1) is 18.5 Å². The summed E-state index contributed by atoms with van der Waals surface area (Å²) < 4.78 is 8.31. The first-order chi connectivity index (χ1) is 12.7. The molecule has 3 aromatic rings. The third-order valence-electron chi connectivity index (χ3n) is 4.73. The quantitative estimate of drug-likeness (QED) is 0.779. The van der Waals surface area contributed by atoms with Crippen molar-refractivity contribution in [1.29, 1.82) is 0 Å².